The number of amides is 1. The van der Waals surface area contributed by atoms with E-state index in [2.05, 4.69) is 10.6 Å². The normalized spacial score (nSPS) is 20.7. The van der Waals surface area contributed by atoms with E-state index >= 15 is 0 Å². The minimum Gasteiger partial charge on any atom is -0.355 e. The molecule has 2 N–H and O–H groups in total. The van der Waals surface area contributed by atoms with Gasteiger partial charge in [0.05, 0.1) is 12.5 Å². The van der Waals surface area contributed by atoms with Gasteiger partial charge in [-0.25, -0.2) is 0 Å². The minimum absolute atomic E-state index is 0.0660. The zero-order valence-corrected chi connectivity index (χ0v) is 9.36. The van der Waals surface area contributed by atoms with Crippen LogP contribution in [0, 0.1) is 0 Å². The van der Waals surface area contributed by atoms with Gasteiger partial charge in [-0.15, -0.1) is 0 Å². The highest BCUT2D eigenvalue weighted by Crippen LogP contribution is 2.21. The van der Waals surface area contributed by atoms with E-state index in [1.165, 1.54) is 0 Å². The molecule has 0 aliphatic carbocycles. The molecule has 1 amide bonds. The molecule has 1 aliphatic rings. The third-order valence-corrected chi connectivity index (χ3v) is 2.65. The van der Waals surface area contributed by atoms with Crippen LogP contribution < -0.4 is 10.6 Å². The van der Waals surface area contributed by atoms with Gasteiger partial charge >= 0.3 is 0 Å². The summed E-state index contributed by atoms with van der Waals surface area (Å²) in [6.07, 6.45) is 0.375. The van der Waals surface area contributed by atoms with Gasteiger partial charge in [-0.2, -0.15) is 0 Å². The van der Waals surface area contributed by atoms with Crippen LogP contribution in [0.25, 0.3) is 0 Å². The zero-order chi connectivity index (χ0) is 10.8. The van der Waals surface area contributed by atoms with E-state index in [1.807, 2.05) is 18.2 Å². The Hall–Kier alpha value is -1.13. The maximum atomic E-state index is 11.3. The molecule has 0 bridgehead atoms. The number of hydrogen-bond donors (Lipinski definition) is 2. The molecule has 5 heteroatoms. The first kappa shape index (κ1) is 10.4. The van der Waals surface area contributed by atoms with Gasteiger partial charge in [0, 0.05) is 5.02 Å². The van der Waals surface area contributed by atoms with E-state index in [-0.39, 0.29) is 11.9 Å². The van der Waals surface area contributed by atoms with Gasteiger partial charge in [0.15, 0.2) is 5.11 Å². The lowest BCUT2D eigenvalue weighted by molar-refractivity contribution is -0.120. The zero-order valence-electron chi connectivity index (χ0n) is 7.79. The first-order valence-electron chi connectivity index (χ1n) is 4.51. The van der Waals surface area contributed by atoms with Crippen molar-refractivity contribution in [2.75, 3.05) is 0 Å². The van der Waals surface area contributed by atoms with Gasteiger partial charge in [0.25, 0.3) is 0 Å². The SMILES string of the molecule is O=C1CC(c2cccc(Cl)c2)NC(=S)N1. The van der Waals surface area contributed by atoms with Crippen LogP contribution in [0.3, 0.4) is 0 Å². The van der Waals surface area contributed by atoms with Crippen molar-refractivity contribution in [3.63, 3.8) is 0 Å². The summed E-state index contributed by atoms with van der Waals surface area (Å²) in [4.78, 5) is 11.3. The Morgan fingerprint density at radius 3 is 2.93 bits per heavy atom. The summed E-state index contributed by atoms with van der Waals surface area (Å²) in [5, 5.41) is 6.60. The highest BCUT2D eigenvalue weighted by Gasteiger charge is 2.22. The molecule has 1 saturated heterocycles. The summed E-state index contributed by atoms with van der Waals surface area (Å²) in [6.45, 7) is 0. The highest BCUT2D eigenvalue weighted by atomic mass is 35.5. The largest absolute Gasteiger partial charge is 0.355 e. The molecule has 1 fully saturated rings. The van der Waals surface area contributed by atoms with Crippen LogP contribution in [0.5, 0.6) is 0 Å². The fourth-order valence-corrected chi connectivity index (χ4v) is 1.99. The standard InChI is InChI=1S/C10H9ClN2OS/c11-7-3-1-2-6(4-7)8-5-9(14)13-10(15)12-8/h1-4,8H,5H2,(H2,12,13,14,15). The summed E-state index contributed by atoms with van der Waals surface area (Å²) in [7, 11) is 0. The minimum atomic E-state index is -0.0787. The van der Waals surface area contributed by atoms with Crippen LogP contribution >= 0.6 is 23.8 Å². The van der Waals surface area contributed by atoms with E-state index in [9.17, 15) is 4.79 Å². The number of halogens is 1. The first-order valence-corrected chi connectivity index (χ1v) is 5.29. The van der Waals surface area contributed by atoms with E-state index in [0.717, 1.165) is 5.56 Å². The second kappa shape index (κ2) is 4.16. The fraction of sp³-hybridized carbons (Fsp3) is 0.200. The molecule has 1 atom stereocenters. The average molecular weight is 241 g/mol. The van der Waals surface area contributed by atoms with Crippen molar-refractivity contribution in [3.8, 4) is 0 Å². The molecule has 2 rings (SSSR count). The van der Waals surface area contributed by atoms with Gasteiger partial charge in [-0.3, -0.25) is 4.79 Å². The number of rotatable bonds is 1. The molecule has 3 nitrogen and oxygen atoms in total. The molecule has 0 radical (unpaired) electrons. The Morgan fingerprint density at radius 1 is 1.47 bits per heavy atom. The molecule has 1 unspecified atom stereocenters. The molecule has 0 saturated carbocycles. The lowest BCUT2D eigenvalue weighted by Crippen LogP contribution is -2.47. The van der Waals surface area contributed by atoms with Crippen molar-refractivity contribution in [1.29, 1.82) is 0 Å². The van der Waals surface area contributed by atoms with Gasteiger partial charge in [-0.05, 0) is 29.9 Å². The van der Waals surface area contributed by atoms with E-state index in [0.29, 0.717) is 16.6 Å². The van der Waals surface area contributed by atoms with Crippen LogP contribution in [0.15, 0.2) is 24.3 Å². The average Bonchev–Trinajstić information content (AvgIpc) is 2.16. The maximum Gasteiger partial charge on any atom is 0.228 e. The topological polar surface area (TPSA) is 41.1 Å². The number of carbonyl (C=O) groups excluding carboxylic acids is 1. The second-order valence-electron chi connectivity index (χ2n) is 3.33. The summed E-state index contributed by atoms with van der Waals surface area (Å²) < 4.78 is 0. The molecule has 1 heterocycles. The molecular weight excluding hydrogens is 232 g/mol. The molecule has 0 spiro atoms. The lowest BCUT2D eigenvalue weighted by atomic mass is 10.0. The van der Waals surface area contributed by atoms with Crippen molar-refractivity contribution in [2.24, 2.45) is 0 Å². The second-order valence-corrected chi connectivity index (χ2v) is 4.18. The Bertz CT molecular complexity index is 406. The fourth-order valence-electron chi connectivity index (χ4n) is 1.53. The third kappa shape index (κ3) is 2.46. The maximum absolute atomic E-state index is 11.3. The number of hydrogen-bond acceptors (Lipinski definition) is 2. The molecule has 1 aliphatic heterocycles. The van der Waals surface area contributed by atoms with Gasteiger partial charge in [0.1, 0.15) is 0 Å². The highest BCUT2D eigenvalue weighted by molar-refractivity contribution is 7.80. The summed E-state index contributed by atoms with van der Waals surface area (Å²) in [5.41, 5.74) is 0.972. The van der Waals surface area contributed by atoms with Crippen molar-refractivity contribution >= 4 is 34.8 Å². The Balaban J connectivity index is 2.23. The predicted octanol–water partition coefficient (Wildman–Crippen LogP) is 1.78. The number of benzene rings is 1. The molecule has 0 aromatic heterocycles. The van der Waals surface area contributed by atoms with Crippen molar-refractivity contribution < 1.29 is 4.79 Å². The van der Waals surface area contributed by atoms with Crippen LogP contribution in [0.2, 0.25) is 5.02 Å². The molecule has 15 heavy (non-hydrogen) atoms. The first-order chi connectivity index (χ1) is 7.15. The summed E-state index contributed by atoms with van der Waals surface area (Å²) >= 11 is 10.8. The van der Waals surface area contributed by atoms with E-state index in [1.54, 1.807) is 6.07 Å². The molecule has 1 aromatic carbocycles. The smallest absolute Gasteiger partial charge is 0.228 e. The van der Waals surface area contributed by atoms with Crippen LogP contribution in [0.4, 0.5) is 0 Å². The monoisotopic (exact) mass is 240 g/mol. The molecule has 78 valence electrons. The van der Waals surface area contributed by atoms with Crippen molar-refractivity contribution in [3.05, 3.63) is 34.9 Å². The van der Waals surface area contributed by atoms with Gasteiger partial charge in [-0.1, -0.05) is 23.7 Å². The summed E-state index contributed by atoms with van der Waals surface area (Å²) in [5.74, 6) is -0.0660. The van der Waals surface area contributed by atoms with Crippen LogP contribution in [-0.2, 0) is 4.79 Å². The van der Waals surface area contributed by atoms with Gasteiger partial charge in [0.2, 0.25) is 5.91 Å². The van der Waals surface area contributed by atoms with Crippen LogP contribution in [-0.4, -0.2) is 11.0 Å². The van der Waals surface area contributed by atoms with Crippen LogP contribution in [0.1, 0.15) is 18.0 Å². The predicted molar refractivity (Wildman–Crippen MR) is 62.7 cm³/mol. The number of carbonyl (C=O) groups is 1. The number of nitrogens with one attached hydrogen (secondary N) is 2. The van der Waals surface area contributed by atoms with Gasteiger partial charge < -0.3 is 10.6 Å². The number of thiocarbonyl (C=S) groups is 1. The molecular formula is C10H9ClN2OS. The molecule has 1 aromatic rings. The Labute approximate surface area is 97.8 Å². The lowest BCUT2D eigenvalue weighted by Gasteiger charge is -2.25. The van der Waals surface area contributed by atoms with Crippen molar-refractivity contribution in [1.82, 2.24) is 10.6 Å². The van der Waals surface area contributed by atoms with E-state index < -0.39 is 0 Å². The quantitative estimate of drug-likeness (QED) is 0.736. The summed E-state index contributed by atoms with van der Waals surface area (Å²) in [6, 6.07) is 7.33. The van der Waals surface area contributed by atoms with E-state index in [4.69, 9.17) is 23.8 Å². The Kier molecular flexibility index (Phi) is 2.88. The third-order valence-electron chi connectivity index (χ3n) is 2.20. The van der Waals surface area contributed by atoms with Crippen molar-refractivity contribution in [2.45, 2.75) is 12.5 Å². The Morgan fingerprint density at radius 2 is 2.27 bits per heavy atom.